The highest BCUT2D eigenvalue weighted by Crippen LogP contribution is 2.18. The Labute approximate surface area is 116 Å². The maximum absolute atomic E-state index is 12.2. The number of carbonyl (C=O) groups excluding carboxylic acids is 1. The van der Waals surface area contributed by atoms with E-state index in [1.165, 1.54) is 11.1 Å². The summed E-state index contributed by atoms with van der Waals surface area (Å²) in [6.45, 7) is 4.93. The molecule has 0 spiro atoms. The van der Waals surface area contributed by atoms with Gasteiger partial charge in [-0.2, -0.15) is 0 Å². The molecule has 19 heavy (non-hydrogen) atoms. The topological polar surface area (TPSA) is 32.3 Å². The van der Waals surface area contributed by atoms with Crippen molar-refractivity contribution in [2.45, 2.75) is 32.7 Å². The summed E-state index contributed by atoms with van der Waals surface area (Å²) in [6, 6.07) is 8.27. The molecule has 0 radical (unpaired) electrons. The number of rotatable bonds is 4. The number of carbonyl (C=O) groups is 1. The van der Waals surface area contributed by atoms with Gasteiger partial charge in [0.15, 0.2) is 0 Å². The van der Waals surface area contributed by atoms with E-state index in [-0.39, 0.29) is 5.91 Å². The normalized spacial score (nSPS) is 16.3. The van der Waals surface area contributed by atoms with Gasteiger partial charge in [-0.3, -0.25) is 4.79 Å². The first-order chi connectivity index (χ1) is 9.16. The molecule has 104 valence electrons. The fourth-order valence-electron chi connectivity index (χ4n) is 2.62. The minimum atomic E-state index is 0.273. The molecule has 0 unspecified atom stereocenters. The van der Waals surface area contributed by atoms with Crippen LogP contribution in [0.5, 0.6) is 0 Å². The van der Waals surface area contributed by atoms with Crippen LogP contribution in [0.15, 0.2) is 24.3 Å². The van der Waals surface area contributed by atoms with Crippen molar-refractivity contribution in [1.29, 1.82) is 0 Å². The fraction of sp³-hybridized carbons (Fsp3) is 0.562. The second-order valence-electron chi connectivity index (χ2n) is 5.57. The van der Waals surface area contributed by atoms with E-state index < -0.39 is 0 Å². The molecule has 3 heteroatoms. The molecule has 1 fully saturated rings. The van der Waals surface area contributed by atoms with Crippen molar-refractivity contribution in [3.8, 4) is 0 Å². The lowest BCUT2D eigenvalue weighted by Gasteiger charge is -2.25. The molecule has 2 rings (SSSR count). The molecule has 1 aliphatic heterocycles. The molecule has 1 aromatic carbocycles. The van der Waals surface area contributed by atoms with Gasteiger partial charge in [-0.05, 0) is 49.9 Å². The number of piperidine rings is 1. The summed E-state index contributed by atoms with van der Waals surface area (Å²) < 4.78 is 0. The summed E-state index contributed by atoms with van der Waals surface area (Å²) in [4.78, 5) is 14.1. The molecule has 1 aliphatic rings. The second-order valence-corrected chi connectivity index (χ2v) is 5.57. The van der Waals surface area contributed by atoms with Crippen LogP contribution in [0.25, 0.3) is 0 Å². The molecule has 0 aliphatic carbocycles. The molecular weight excluding hydrogens is 236 g/mol. The zero-order chi connectivity index (χ0) is 13.7. The van der Waals surface area contributed by atoms with Crippen molar-refractivity contribution in [2.75, 3.05) is 20.1 Å². The SMILES string of the molecule is Cc1ccccc1CN(C)C(=O)CC1CCNCC1. The van der Waals surface area contributed by atoms with Crippen LogP contribution in [-0.4, -0.2) is 30.9 Å². The number of hydrogen-bond donors (Lipinski definition) is 1. The summed E-state index contributed by atoms with van der Waals surface area (Å²) in [7, 11) is 1.91. The Balaban J connectivity index is 1.87. The molecule has 3 nitrogen and oxygen atoms in total. The van der Waals surface area contributed by atoms with Gasteiger partial charge in [-0.25, -0.2) is 0 Å². The number of aryl methyl sites for hydroxylation is 1. The van der Waals surface area contributed by atoms with Gasteiger partial charge < -0.3 is 10.2 Å². The van der Waals surface area contributed by atoms with E-state index >= 15 is 0 Å². The third-order valence-electron chi connectivity index (χ3n) is 4.02. The first-order valence-electron chi connectivity index (χ1n) is 7.16. The number of hydrogen-bond acceptors (Lipinski definition) is 2. The van der Waals surface area contributed by atoms with Crippen molar-refractivity contribution < 1.29 is 4.79 Å². The Kier molecular flexibility index (Phi) is 4.97. The van der Waals surface area contributed by atoms with Gasteiger partial charge in [0.25, 0.3) is 0 Å². The molecular formula is C16H24N2O. The predicted molar refractivity (Wildman–Crippen MR) is 77.9 cm³/mol. The molecule has 0 atom stereocenters. The average molecular weight is 260 g/mol. The van der Waals surface area contributed by atoms with E-state index in [2.05, 4.69) is 24.4 Å². The van der Waals surface area contributed by atoms with Crippen LogP contribution in [-0.2, 0) is 11.3 Å². The van der Waals surface area contributed by atoms with Crippen molar-refractivity contribution in [3.63, 3.8) is 0 Å². The highest BCUT2D eigenvalue weighted by molar-refractivity contribution is 5.76. The third-order valence-corrected chi connectivity index (χ3v) is 4.02. The van der Waals surface area contributed by atoms with E-state index in [0.717, 1.165) is 32.5 Å². The van der Waals surface area contributed by atoms with E-state index in [1.54, 1.807) is 0 Å². The third kappa shape index (κ3) is 4.06. The fourth-order valence-corrected chi connectivity index (χ4v) is 2.62. The van der Waals surface area contributed by atoms with Gasteiger partial charge in [0.05, 0.1) is 0 Å². The number of nitrogens with one attached hydrogen (secondary N) is 1. The Morgan fingerprint density at radius 2 is 2.00 bits per heavy atom. The molecule has 1 amide bonds. The number of benzene rings is 1. The summed E-state index contributed by atoms with van der Waals surface area (Å²) in [5.41, 5.74) is 2.49. The smallest absolute Gasteiger partial charge is 0.222 e. The first-order valence-corrected chi connectivity index (χ1v) is 7.16. The second kappa shape index (κ2) is 6.71. The van der Waals surface area contributed by atoms with Crippen LogP contribution < -0.4 is 5.32 Å². The van der Waals surface area contributed by atoms with Gasteiger partial charge in [0, 0.05) is 20.0 Å². The Morgan fingerprint density at radius 3 is 2.68 bits per heavy atom. The molecule has 0 bridgehead atoms. The lowest BCUT2D eigenvalue weighted by molar-refractivity contribution is -0.131. The van der Waals surface area contributed by atoms with Crippen LogP contribution >= 0.6 is 0 Å². The monoisotopic (exact) mass is 260 g/mol. The summed E-state index contributed by atoms with van der Waals surface area (Å²) in [5.74, 6) is 0.836. The van der Waals surface area contributed by atoms with Gasteiger partial charge in [-0.15, -0.1) is 0 Å². The quantitative estimate of drug-likeness (QED) is 0.901. The van der Waals surface area contributed by atoms with Crippen LogP contribution in [0.3, 0.4) is 0 Å². The van der Waals surface area contributed by atoms with Crippen molar-refractivity contribution >= 4 is 5.91 Å². The van der Waals surface area contributed by atoms with Crippen LogP contribution in [0.1, 0.15) is 30.4 Å². The molecule has 0 saturated carbocycles. The number of nitrogens with zero attached hydrogens (tertiary/aromatic N) is 1. The zero-order valence-electron chi connectivity index (χ0n) is 12.0. The average Bonchev–Trinajstić information content (AvgIpc) is 2.42. The Morgan fingerprint density at radius 1 is 1.32 bits per heavy atom. The summed E-state index contributed by atoms with van der Waals surface area (Å²) in [5, 5.41) is 3.34. The lowest BCUT2D eigenvalue weighted by Crippen LogP contribution is -2.33. The first kappa shape index (κ1) is 14.1. The van der Waals surface area contributed by atoms with Gasteiger partial charge in [-0.1, -0.05) is 24.3 Å². The van der Waals surface area contributed by atoms with Crippen molar-refractivity contribution in [2.24, 2.45) is 5.92 Å². The van der Waals surface area contributed by atoms with Crippen molar-refractivity contribution in [3.05, 3.63) is 35.4 Å². The number of amides is 1. The Hall–Kier alpha value is -1.35. The highest BCUT2D eigenvalue weighted by Gasteiger charge is 2.19. The maximum atomic E-state index is 12.2. The van der Waals surface area contributed by atoms with Crippen molar-refractivity contribution in [1.82, 2.24) is 10.2 Å². The molecule has 1 aromatic rings. The molecule has 0 aromatic heterocycles. The van der Waals surface area contributed by atoms with E-state index in [0.29, 0.717) is 12.3 Å². The summed E-state index contributed by atoms with van der Waals surface area (Å²) in [6.07, 6.45) is 2.96. The molecule has 1 saturated heterocycles. The van der Waals surface area contributed by atoms with Gasteiger partial charge in [0.2, 0.25) is 5.91 Å². The van der Waals surface area contributed by atoms with Crippen LogP contribution in [0.4, 0.5) is 0 Å². The van der Waals surface area contributed by atoms with E-state index in [1.807, 2.05) is 24.1 Å². The summed E-state index contributed by atoms with van der Waals surface area (Å²) >= 11 is 0. The minimum absolute atomic E-state index is 0.273. The molecule has 1 heterocycles. The standard InChI is InChI=1S/C16H24N2O/c1-13-5-3-4-6-15(13)12-18(2)16(19)11-14-7-9-17-10-8-14/h3-6,14,17H,7-12H2,1-2H3. The predicted octanol–water partition coefficient (Wildman–Crippen LogP) is 2.34. The minimum Gasteiger partial charge on any atom is -0.341 e. The van der Waals surface area contributed by atoms with E-state index in [4.69, 9.17) is 0 Å². The Bertz CT molecular complexity index is 425. The van der Waals surface area contributed by atoms with Crippen LogP contribution in [0, 0.1) is 12.8 Å². The maximum Gasteiger partial charge on any atom is 0.222 e. The van der Waals surface area contributed by atoms with E-state index in [9.17, 15) is 4.79 Å². The van der Waals surface area contributed by atoms with Crippen LogP contribution in [0.2, 0.25) is 0 Å². The van der Waals surface area contributed by atoms with Gasteiger partial charge >= 0.3 is 0 Å². The zero-order valence-corrected chi connectivity index (χ0v) is 12.0. The lowest BCUT2D eigenvalue weighted by atomic mass is 9.94. The molecule has 1 N–H and O–H groups in total. The largest absolute Gasteiger partial charge is 0.341 e. The van der Waals surface area contributed by atoms with Gasteiger partial charge in [0.1, 0.15) is 0 Å². The highest BCUT2D eigenvalue weighted by atomic mass is 16.2.